The van der Waals surface area contributed by atoms with Gasteiger partial charge in [0.05, 0.1) is 24.9 Å². The van der Waals surface area contributed by atoms with Gasteiger partial charge in [0.25, 0.3) is 0 Å². The third kappa shape index (κ3) is 9.09. The second-order valence-corrected chi connectivity index (χ2v) is 8.03. The topological polar surface area (TPSA) is 46.1 Å². The highest BCUT2D eigenvalue weighted by Gasteiger charge is 2.21. The smallest absolute Gasteiger partial charge is 0.194 e. The molecule has 0 spiro atoms. The SMILES string of the molecule is CCNC(=NCc1cccc(COC(C)(C)C)c1)N1CCC(OCC)CC1.I. The van der Waals surface area contributed by atoms with Crippen molar-refractivity contribution in [2.45, 2.75) is 72.3 Å². The van der Waals surface area contributed by atoms with Crippen LogP contribution in [0.25, 0.3) is 0 Å². The molecule has 0 unspecified atom stereocenters. The summed E-state index contributed by atoms with van der Waals surface area (Å²) in [6, 6.07) is 8.53. The third-order valence-electron chi connectivity index (χ3n) is 4.55. The zero-order chi connectivity index (χ0) is 19.7. The van der Waals surface area contributed by atoms with Gasteiger partial charge in [0.1, 0.15) is 0 Å². The standard InChI is InChI=1S/C22H37N3O2.HI/c1-6-23-21(25-13-11-20(12-14-25)26-7-2)24-16-18-9-8-10-19(15-18)17-27-22(3,4)5;/h8-10,15,20H,6-7,11-14,16-17H2,1-5H3,(H,23,24);1H. The van der Waals surface area contributed by atoms with Gasteiger partial charge in [0.15, 0.2) is 5.96 Å². The van der Waals surface area contributed by atoms with Crippen LogP contribution in [0.5, 0.6) is 0 Å². The molecule has 1 N–H and O–H groups in total. The Morgan fingerprint density at radius 1 is 1.18 bits per heavy atom. The molecule has 28 heavy (non-hydrogen) atoms. The summed E-state index contributed by atoms with van der Waals surface area (Å²) in [6.45, 7) is 15.4. The van der Waals surface area contributed by atoms with E-state index >= 15 is 0 Å². The second kappa shape index (κ2) is 12.6. The number of nitrogens with zero attached hydrogens (tertiary/aromatic N) is 2. The summed E-state index contributed by atoms with van der Waals surface area (Å²) in [6.07, 6.45) is 2.53. The zero-order valence-corrected chi connectivity index (χ0v) is 20.5. The molecule has 6 heteroatoms. The van der Waals surface area contributed by atoms with Crippen LogP contribution in [0.15, 0.2) is 29.3 Å². The lowest BCUT2D eigenvalue weighted by Crippen LogP contribution is -2.47. The largest absolute Gasteiger partial charge is 0.378 e. The summed E-state index contributed by atoms with van der Waals surface area (Å²) in [7, 11) is 0. The first-order valence-corrected chi connectivity index (χ1v) is 10.3. The summed E-state index contributed by atoms with van der Waals surface area (Å²) < 4.78 is 11.7. The molecule has 1 aliphatic rings. The van der Waals surface area contributed by atoms with Crippen molar-refractivity contribution in [2.24, 2.45) is 4.99 Å². The van der Waals surface area contributed by atoms with E-state index in [2.05, 4.69) is 69.1 Å². The van der Waals surface area contributed by atoms with Crippen molar-refractivity contribution < 1.29 is 9.47 Å². The Bertz CT molecular complexity index is 594. The summed E-state index contributed by atoms with van der Waals surface area (Å²) >= 11 is 0. The number of ether oxygens (including phenoxy) is 2. The van der Waals surface area contributed by atoms with Crippen LogP contribution in [0.3, 0.4) is 0 Å². The molecule has 0 aliphatic carbocycles. The first-order chi connectivity index (χ1) is 12.9. The van der Waals surface area contributed by atoms with E-state index in [1.54, 1.807) is 0 Å². The Balaban J connectivity index is 0.00000392. The summed E-state index contributed by atoms with van der Waals surface area (Å²) in [4.78, 5) is 7.23. The van der Waals surface area contributed by atoms with Gasteiger partial charge in [0.2, 0.25) is 0 Å². The average molecular weight is 503 g/mol. The van der Waals surface area contributed by atoms with Gasteiger partial charge in [-0.1, -0.05) is 24.3 Å². The number of piperidine rings is 1. The van der Waals surface area contributed by atoms with E-state index in [9.17, 15) is 0 Å². The fourth-order valence-corrected chi connectivity index (χ4v) is 3.18. The molecule has 0 radical (unpaired) electrons. The molecule has 0 amide bonds. The fraction of sp³-hybridized carbons (Fsp3) is 0.682. The Kier molecular flexibility index (Phi) is 11.4. The fourth-order valence-electron chi connectivity index (χ4n) is 3.18. The lowest BCUT2D eigenvalue weighted by atomic mass is 10.1. The predicted molar refractivity (Wildman–Crippen MR) is 127 cm³/mol. The van der Waals surface area contributed by atoms with Gasteiger partial charge in [-0.3, -0.25) is 0 Å². The quantitative estimate of drug-likeness (QED) is 0.336. The van der Waals surface area contributed by atoms with Crippen LogP contribution in [-0.2, 0) is 22.6 Å². The van der Waals surface area contributed by atoms with Gasteiger partial charge in [-0.2, -0.15) is 0 Å². The van der Waals surface area contributed by atoms with Crippen LogP contribution in [0.4, 0.5) is 0 Å². The molecule has 160 valence electrons. The minimum atomic E-state index is -0.125. The lowest BCUT2D eigenvalue weighted by Gasteiger charge is -2.34. The summed E-state index contributed by atoms with van der Waals surface area (Å²) in [5.74, 6) is 1.00. The van der Waals surface area contributed by atoms with Gasteiger partial charge in [-0.25, -0.2) is 4.99 Å². The van der Waals surface area contributed by atoms with Crippen LogP contribution in [0.2, 0.25) is 0 Å². The molecule has 1 heterocycles. The third-order valence-corrected chi connectivity index (χ3v) is 4.55. The van der Waals surface area contributed by atoms with Crippen LogP contribution < -0.4 is 5.32 Å². The number of aliphatic imine (C=N–C) groups is 1. The van der Waals surface area contributed by atoms with Crippen molar-refractivity contribution in [1.82, 2.24) is 10.2 Å². The van der Waals surface area contributed by atoms with E-state index in [-0.39, 0.29) is 29.6 Å². The molecular weight excluding hydrogens is 465 g/mol. The lowest BCUT2D eigenvalue weighted by molar-refractivity contribution is -0.0149. The maximum absolute atomic E-state index is 5.89. The molecule has 5 nitrogen and oxygen atoms in total. The molecule has 0 bridgehead atoms. The second-order valence-electron chi connectivity index (χ2n) is 8.03. The van der Waals surface area contributed by atoms with E-state index in [0.717, 1.165) is 45.0 Å². The molecule has 1 aliphatic heterocycles. The Morgan fingerprint density at radius 2 is 1.86 bits per heavy atom. The highest BCUT2D eigenvalue weighted by Crippen LogP contribution is 2.16. The predicted octanol–water partition coefficient (Wildman–Crippen LogP) is 4.59. The van der Waals surface area contributed by atoms with E-state index in [1.807, 2.05) is 0 Å². The van der Waals surface area contributed by atoms with Crippen molar-refractivity contribution >= 4 is 29.9 Å². The average Bonchev–Trinajstić information content (AvgIpc) is 2.64. The van der Waals surface area contributed by atoms with Crippen molar-refractivity contribution in [1.29, 1.82) is 0 Å². The number of halogens is 1. The normalized spacial score (nSPS) is 16.0. The van der Waals surface area contributed by atoms with Crippen molar-refractivity contribution in [2.75, 3.05) is 26.2 Å². The van der Waals surface area contributed by atoms with Crippen LogP contribution in [-0.4, -0.2) is 48.8 Å². The van der Waals surface area contributed by atoms with Crippen molar-refractivity contribution in [3.8, 4) is 0 Å². The Morgan fingerprint density at radius 3 is 2.46 bits per heavy atom. The monoisotopic (exact) mass is 503 g/mol. The number of benzene rings is 1. The number of hydrogen-bond donors (Lipinski definition) is 1. The maximum Gasteiger partial charge on any atom is 0.194 e. The first-order valence-electron chi connectivity index (χ1n) is 10.3. The summed E-state index contributed by atoms with van der Waals surface area (Å²) in [5.41, 5.74) is 2.28. The molecule has 2 rings (SSSR count). The number of nitrogens with one attached hydrogen (secondary N) is 1. The van der Waals surface area contributed by atoms with Crippen molar-refractivity contribution in [3.05, 3.63) is 35.4 Å². The number of guanidine groups is 1. The maximum atomic E-state index is 5.89. The molecule has 1 fully saturated rings. The highest BCUT2D eigenvalue weighted by molar-refractivity contribution is 14.0. The number of rotatable bonds is 7. The van der Waals surface area contributed by atoms with E-state index in [1.165, 1.54) is 11.1 Å². The molecule has 1 saturated heterocycles. The zero-order valence-electron chi connectivity index (χ0n) is 18.2. The van der Waals surface area contributed by atoms with E-state index in [4.69, 9.17) is 14.5 Å². The molecule has 1 aromatic carbocycles. The van der Waals surface area contributed by atoms with E-state index < -0.39 is 0 Å². The molecule has 1 aromatic rings. The number of hydrogen-bond acceptors (Lipinski definition) is 3. The van der Waals surface area contributed by atoms with E-state index in [0.29, 0.717) is 19.3 Å². The van der Waals surface area contributed by atoms with Crippen LogP contribution >= 0.6 is 24.0 Å². The summed E-state index contributed by atoms with van der Waals surface area (Å²) in [5, 5.41) is 3.44. The first kappa shape index (κ1) is 25.2. The van der Waals surface area contributed by atoms with Gasteiger partial charge < -0.3 is 19.7 Å². The van der Waals surface area contributed by atoms with Gasteiger partial charge in [0, 0.05) is 26.2 Å². The molecule has 0 saturated carbocycles. The van der Waals surface area contributed by atoms with Gasteiger partial charge >= 0.3 is 0 Å². The molecular formula is C22H38IN3O2. The van der Waals surface area contributed by atoms with Crippen molar-refractivity contribution in [3.63, 3.8) is 0 Å². The number of likely N-dealkylation sites (tertiary alicyclic amines) is 1. The highest BCUT2D eigenvalue weighted by atomic mass is 127. The Labute approximate surface area is 188 Å². The molecule has 0 atom stereocenters. The minimum absolute atomic E-state index is 0. The Hall–Kier alpha value is -0.860. The van der Waals surface area contributed by atoms with Crippen LogP contribution in [0, 0.1) is 0 Å². The molecule has 0 aromatic heterocycles. The van der Waals surface area contributed by atoms with Gasteiger partial charge in [-0.05, 0) is 58.6 Å². The van der Waals surface area contributed by atoms with Gasteiger partial charge in [-0.15, -0.1) is 24.0 Å². The van der Waals surface area contributed by atoms with Crippen LogP contribution in [0.1, 0.15) is 58.6 Å². The minimum Gasteiger partial charge on any atom is -0.378 e.